The second-order valence-electron chi connectivity index (χ2n) is 4.77. The Morgan fingerprint density at radius 1 is 1.30 bits per heavy atom. The molecule has 112 valence electrons. The molecular formula is C15H24N2O3. The molecule has 1 amide bonds. The highest BCUT2D eigenvalue weighted by molar-refractivity contribution is 5.76. The number of methoxy groups -OCH3 is 2. The molecule has 0 saturated carbocycles. The largest absolute Gasteiger partial charge is 0.496 e. The van der Waals surface area contributed by atoms with Crippen molar-refractivity contribution in [2.24, 2.45) is 0 Å². The Morgan fingerprint density at radius 3 is 2.60 bits per heavy atom. The van der Waals surface area contributed by atoms with Crippen LogP contribution in [0, 0.1) is 0 Å². The minimum Gasteiger partial charge on any atom is -0.496 e. The van der Waals surface area contributed by atoms with Crippen LogP contribution in [0.3, 0.4) is 0 Å². The molecule has 0 heterocycles. The highest BCUT2D eigenvalue weighted by atomic mass is 16.5. The summed E-state index contributed by atoms with van der Waals surface area (Å²) in [5, 5.41) is 2.93. The first-order chi connectivity index (χ1) is 9.60. The zero-order valence-electron chi connectivity index (χ0n) is 12.7. The molecular weight excluding hydrogens is 256 g/mol. The first kappa shape index (κ1) is 16.5. The molecule has 0 aliphatic carbocycles. The molecule has 0 saturated heterocycles. The van der Waals surface area contributed by atoms with E-state index in [0.29, 0.717) is 19.6 Å². The van der Waals surface area contributed by atoms with Crippen LogP contribution in [-0.2, 0) is 9.53 Å². The number of benzene rings is 1. The van der Waals surface area contributed by atoms with Crippen molar-refractivity contribution in [1.82, 2.24) is 10.2 Å². The van der Waals surface area contributed by atoms with Gasteiger partial charge in [0.1, 0.15) is 5.75 Å². The van der Waals surface area contributed by atoms with Gasteiger partial charge in [-0.05, 0) is 20.2 Å². The average Bonchev–Trinajstić information content (AvgIpc) is 2.45. The zero-order chi connectivity index (χ0) is 15.0. The molecule has 1 rings (SSSR count). The molecule has 5 heteroatoms. The summed E-state index contributed by atoms with van der Waals surface area (Å²) in [5.74, 6) is 0.825. The van der Waals surface area contributed by atoms with Gasteiger partial charge in [0, 0.05) is 25.6 Å². The van der Waals surface area contributed by atoms with Gasteiger partial charge in [-0.15, -0.1) is 0 Å². The Bertz CT molecular complexity index is 421. The van der Waals surface area contributed by atoms with Crippen LogP contribution >= 0.6 is 0 Å². The van der Waals surface area contributed by atoms with Crippen molar-refractivity contribution >= 4 is 5.91 Å². The molecule has 20 heavy (non-hydrogen) atoms. The molecule has 1 aromatic carbocycles. The molecule has 5 nitrogen and oxygen atoms in total. The number of ether oxygens (including phenoxy) is 2. The van der Waals surface area contributed by atoms with Crippen LogP contribution in [-0.4, -0.2) is 52.3 Å². The zero-order valence-corrected chi connectivity index (χ0v) is 12.7. The highest BCUT2D eigenvalue weighted by Crippen LogP contribution is 2.27. The van der Waals surface area contributed by atoms with Gasteiger partial charge in [0.15, 0.2) is 0 Å². The van der Waals surface area contributed by atoms with Crippen LogP contribution in [0.5, 0.6) is 5.75 Å². The molecule has 0 aliphatic rings. The van der Waals surface area contributed by atoms with Crippen molar-refractivity contribution in [2.45, 2.75) is 12.5 Å². The van der Waals surface area contributed by atoms with Gasteiger partial charge in [-0.1, -0.05) is 18.2 Å². The third-order valence-corrected chi connectivity index (χ3v) is 3.15. The lowest BCUT2D eigenvalue weighted by atomic mass is 10.0. The summed E-state index contributed by atoms with van der Waals surface area (Å²) in [5.41, 5.74) is 1.06. The van der Waals surface area contributed by atoms with E-state index in [-0.39, 0.29) is 11.9 Å². The maximum atomic E-state index is 11.7. The fourth-order valence-corrected chi connectivity index (χ4v) is 2.01. The van der Waals surface area contributed by atoms with Crippen molar-refractivity contribution in [3.8, 4) is 5.75 Å². The summed E-state index contributed by atoms with van der Waals surface area (Å²) in [4.78, 5) is 13.7. The Hall–Kier alpha value is -1.59. The van der Waals surface area contributed by atoms with Crippen LogP contribution in [0.25, 0.3) is 0 Å². The number of para-hydroxylation sites is 1. The van der Waals surface area contributed by atoms with Gasteiger partial charge in [0.25, 0.3) is 0 Å². The minimum absolute atomic E-state index is 0.00593. The highest BCUT2D eigenvalue weighted by Gasteiger charge is 2.18. The monoisotopic (exact) mass is 280 g/mol. The Kier molecular flexibility index (Phi) is 7.04. The number of hydrogen-bond donors (Lipinski definition) is 1. The Morgan fingerprint density at radius 2 is 2.00 bits per heavy atom. The number of amides is 1. The topological polar surface area (TPSA) is 50.8 Å². The maximum Gasteiger partial charge on any atom is 0.222 e. The number of likely N-dealkylation sites (N-methyl/N-ethyl adjacent to an activating group) is 1. The van der Waals surface area contributed by atoms with E-state index in [1.165, 1.54) is 0 Å². The van der Waals surface area contributed by atoms with Crippen LogP contribution < -0.4 is 10.1 Å². The first-order valence-corrected chi connectivity index (χ1v) is 6.65. The smallest absolute Gasteiger partial charge is 0.222 e. The molecule has 0 spiro atoms. The summed E-state index contributed by atoms with van der Waals surface area (Å²) in [6, 6.07) is 7.93. The quantitative estimate of drug-likeness (QED) is 0.783. The van der Waals surface area contributed by atoms with E-state index in [1.807, 2.05) is 38.4 Å². The maximum absolute atomic E-state index is 11.7. The fourth-order valence-electron chi connectivity index (χ4n) is 2.01. The first-order valence-electron chi connectivity index (χ1n) is 6.65. The average molecular weight is 280 g/mol. The molecule has 0 aliphatic heterocycles. The molecule has 1 aromatic rings. The number of carbonyl (C=O) groups is 1. The lowest BCUT2D eigenvalue weighted by Crippen LogP contribution is -2.35. The van der Waals surface area contributed by atoms with Crippen molar-refractivity contribution < 1.29 is 14.3 Å². The van der Waals surface area contributed by atoms with Gasteiger partial charge in [0.05, 0.1) is 19.8 Å². The van der Waals surface area contributed by atoms with Gasteiger partial charge in [-0.2, -0.15) is 0 Å². The number of carbonyl (C=O) groups excluding carboxylic acids is 1. The SMILES string of the molecule is COCCC(=O)NC[C@@H](c1ccccc1OC)N(C)C. The summed E-state index contributed by atoms with van der Waals surface area (Å²) in [7, 11) is 7.21. The van der Waals surface area contributed by atoms with Gasteiger partial charge in [-0.25, -0.2) is 0 Å². The molecule has 0 radical (unpaired) electrons. The lowest BCUT2D eigenvalue weighted by Gasteiger charge is -2.26. The summed E-state index contributed by atoms with van der Waals surface area (Å²) in [6.45, 7) is 0.975. The molecule has 0 fully saturated rings. The summed E-state index contributed by atoms with van der Waals surface area (Å²) >= 11 is 0. The van der Waals surface area contributed by atoms with Crippen LogP contribution in [0.1, 0.15) is 18.0 Å². The third kappa shape index (κ3) is 4.83. The van der Waals surface area contributed by atoms with Crippen molar-refractivity contribution in [1.29, 1.82) is 0 Å². The summed E-state index contributed by atoms with van der Waals surface area (Å²) in [6.07, 6.45) is 0.378. The van der Waals surface area contributed by atoms with E-state index in [4.69, 9.17) is 9.47 Å². The molecule has 1 N–H and O–H groups in total. The van der Waals surface area contributed by atoms with E-state index < -0.39 is 0 Å². The Labute approximate surface area is 120 Å². The van der Waals surface area contributed by atoms with E-state index in [2.05, 4.69) is 10.2 Å². The molecule has 0 unspecified atom stereocenters. The minimum atomic E-state index is -0.00593. The fraction of sp³-hybridized carbons (Fsp3) is 0.533. The number of hydrogen-bond acceptors (Lipinski definition) is 4. The van der Waals surface area contributed by atoms with Gasteiger partial charge in [-0.3, -0.25) is 4.79 Å². The van der Waals surface area contributed by atoms with E-state index >= 15 is 0 Å². The lowest BCUT2D eigenvalue weighted by molar-refractivity contribution is -0.122. The standard InChI is InChI=1S/C15H24N2O3/c1-17(2)13(11-16-15(18)9-10-19-3)12-7-5-6-8-14(12)20-4/h5-8,13H,9-11H2,1-4H3,(H,16,18)/t13-/m0/s1. The molecule has 0 bridgehead atoms. The van der Waals surface area contributed by atoms with Crippen molar-refractivity contribution in [3.63, 3.8) is 0 Å². The van der Waals surface area contributed by atoms with Crippen LogP contribution in [0.4, 0.5) is 0 Å². The molecule has 0 aromatic heterocycles. The van der Waals surface area contributed by atoms with Gasteiger partial charge in [0.2, 0.25) is 5.91 Å². The second-order valence-corrected chi connectivity index (χ2v) is 4.77. The van der Waals surface area contributed by atoms with E-state index in [1.54, 1.807) is 14.2 Å². The second kappa shape index (κ2) is 8.55. The van der Waals surface area contributed by atoms with E-state index in [9.17, 15) is 4.79 Å². The van der Waals surface area contributed by atoms with Gasteiger partial charge >= 0.3 is 0 Å². The van der Waals surface area contributed by atoms with Crippen LogP contribution in [0.15, 0.2) is 24.3 Å². The number of nitrogens with one attached hydrogen (secondary N) is 1. The summed E-state index contributed by atoms with van der Waals surface area (Å²) < 4.78 is 10.3. The van der Waals surface area contributed by atoms with Crippen molar-refractivity contribution in [2.75, 3.05) is 41.5 Å². The van der Waals surface area contributed by atoms with Crippen molar-refractivity contribution in [3.05, 3.63) is 29.8 Å². The van der Waals surface area contributed by atoms with Crippen LogP contribution in [0.2, 0.25) is 0 Å². The predicted molar refractivity (Wildman–Crippen MR) is 78.9 cm³/mol. The predicted octanol–water partition coefficient (Wildman–Crippen LogP) is 1.45. The van der Waals surface area contributed by atoms with E-state index in [0.717, 1.165) is 11.3 Å². The Balaban J connectivity index is 2.72. The van der Waals surface area contributed by atoms with Gasteiger partial charge < -0.3 is 19.7 Å². The molecule has 1 atom stereocenters. The number of rotatable bonds is 8. The number of nitrogens with zero attached hydrogens (tertiary/aromatic N) is 1. The third-order valence-electron chi connectivity index (χ3n) is 3.15. The normalized spacial score (nSPS) is 12.2.